The number of hydrogen-bond donors (Lipinski definition) is 0. The minimum absolute atomic E-state index is 0.0892. The standard InChI is InChI=1S/C17H20N4O2/c22-15(20-8-9-23-12-17(11-20)6-7-17)10-21-13-18-16(19-21)14-4-2-1-3-5-14/h1-5,13H,6-12H2. The minimum atomic E-state index is 0.0892. The predicted octanol–water partition coefficient (Wildman–Crippen LogP) is 1.58. The second-order valence-corrected chi connectivity index (χ2v) is 6.50. The SMILES string of the molecule is O=C(Cn1cnc(-c2ccccc2)n1)N1CCOCC2(CC2)C1. The Hall–Kier alpha value is -2.21. The van der Waals surface area contributed by atoms with Crippen molar-refractivity contribution in [1.29, 1.82) is 0 Å². The highest BCUT2D eigenvalue weighted by Gasteiger charge is 2.46. The van der Waals surface area contributed by atoms with Crippen LogP contribution in [0.3, 0.4) is 0 Å². The lowest BCUT2D eigenvalue weighted by Gasteiger charge is -2.23. The van der Waals surface area contributed by atoms with Gasteiger partial charge in [0.25, 0.3) is 0 Å². The lowest BCUT2D eigenvalue weighted by atomic mass is 10.1. The number of ether oxygens (including phenoxy) is 1. The van der Waals surface area contributed by atoms with Gasteiger partial charge in [0.1, 0.15) is 12.9 Å². The highest BCUT2D eigenvalue weighted by Crippen LogP contribution is 2.47. The Morgan fingerprint density at radius 3 is 2.87 bits per heavy atom. The van der Waals surface area contributed by atoms with Crippen LogP contribution < -0.4 is 0 Å². The summed E-state index contributed by atoms with van der Waals surface area (Å²) in [7, 11) is 0. The lowest BCUT2D eigenvalue weighted by molar-refractivity contribution is -0.132. The second kappa shape index (κ2) is 5.77. The summed E-state index contributed by atoms with van der Waals surface area (Å²) in [5, 5.41) is 4.42. The third kappa shape index (κ3) is 3.12. The number of rotatable bonds is 3. The molecule has 2 fully saturated rings. The van der Waals surface area contributed by atoms with E-state index in [0.29, 0.717) is 19.0 Å². The average Bonchev–Trinajstić information content (AvgIpc) is 3.26. The molecule has 0 N–H and O–H groups in total. The van der Waals surface area contributed by atoms with Gasteiger partial charge in [-0.3, -0.25) is 4.79 Å². The van der Waals surface area contributed by atoms with Gasteiger partial charge in [0.15, 0.2) is 5.82 Å². The fourth-order valence-electron chi connectivity index (χ4n) is 3.01. The first-order chi connectivity index (χ1) is 11.2. The molecule has 1 aliphatic heterocycles. The molecule has 2 heterocycles. The number of hydrogen-bond acceptors (Lipinski definition) is 4. The third-order valence-corrected chi connectivity index (χ3v) is 4.62. The molecule has 0 bridgehead atoms. The molecule has 1 aliphatic carbocycles. The summed E-state index contributed by atoms with van der Waals surface area (Å²) < 4.78 is 7.26. The van der Waals surface area contributed by atoms with Gasteiger partial charge in [-0.1, -0.05) is 30.3 Å². The van der Waals surface area contributed by atoms with E-state index in [2.05, 4.69) is 10.1 Å². The fourth-order valence-corrected chi connectivity index (χ4v) is 3.01. The number of carbonyl (C=O) groups excluding carboxylic acids is 1. The Morgan fingerprint density at radius 1 is 1.26 bits per heavy atom. The number of amides is 1. The molecule has 0 atom stereocenters. The third-order valence-electron chi connectivity index (χ3n) is 4.62. The maximum absolute atomic E-state index is 12.6. The van der Waals surface area contributed by atoms with Crippen molar-refractivity contribution in [2.45, 2.75) is 19.4 Å². The lowest BCUT2D eigenvalue weighted by Crippen LogP contribution is -2.38. The van der Waals surface area contributed by atoms with Crippen LogP contribution in [0.1, 0.15) is 12.8 Å². The van der Waals surface area contributed by atoms with Gasteiger partial charge in [0.05, 0.1) is 13.2 Å². The highest BCUT2D eigenvalue weighted by molar-refractivity contribution is 5.76. The summed E-state index contributed by atoms with van der Waals surface area (Å²) in [5.41, 5.74) is 1.18. The van der Waals surface area contributed by atoms with Crippen LogP contribution in [0.4, 0.5) is 0 Å². The van der Waals surface area contributed by atoms with Crippen LogP contribution in [0.25, 0.3) is 11.4 Å². The summed E-state index contributed by atoms with van der Waals surface area (Å²) in [6.07, 6.45) is 3.96. The molecule has 4 rings (SSSR count). The van der Waals surface area contributed by atoms with E-state index in [1.807, 2.05) is 35.2 Å². The van der Waals surface area contributed by atoms with Crippen LogP contribution in [0.2, 0.25) is 0 Å². The van der Waals surface area contributed by atoms with Crippen LogP contribution in [0, 0.1) is 5.41 Å². The Kier molecular flexibility index (Phi) is 3.61. The maximum Gasteiger partial charge on any atom is 0.244 e. The van der Waals surface area contributed by atoms with Gasteiger partial charge in [-0.2, -0.15) is 5.10 Å². The zero-order valence-electron chi connectivity index (χ0n) is 13.0. The van der Waals surface area contributed by atoms with E-state index in [1.165, 1.54) is 0 Å². The van der Waals surface area contributed by atoms with Gasteiger partial charge < -0.3 is 9.64 Å². The van der Waals surface area contributed by atoms with Gasteiger partial charge in [0, 0.05) is 24.1 Å². The van der Waals surface area contributed by atoms with Crippen molar-refractivity contribution in [3.05, 3.63) is 36.7 Å². The van der Waals surface area contributed by atoms with Crippen LogP contribution in [0.15, 0.2) is 36.7 Å². The zero-order valence-corrected chi connectivity index (χ0v) is 13.0. The molecule has 1 saturated carbocycles. The van der Waals surface area contributed by atoms with Crippen molar-refractivity contribution in [2.24, 2.45) is 5.41 Å². The normalized spacial score (nSPS) is 19.6. The maximum atomic E-state index is 12.6. The molecule has 6 heteroatoms. The van der Waals surface area contributed by atoms with Crippen LogP contribution in [-0.4, -0.2) is 51.9 Å². The molecule has 2 aromatic rings. The largest absolute Gasteiger partial charge is 0.379 e. The molecule has 1 spiro atoms. The van der Waals surface area contributed by atoms with Crippen molar-refractivity contribution in [1.82, 2.24) is 19.7 Å². The van der Waals surface area contributed by atoms with Gasteiger partial charge in [-0.15, -0.1) is 0 Å². The highest BCUT2D eigenvalue weighted by atomic mass is 16.5. The quantitative estimate of drug-likeness (QED) is 0.863. The number of aromatic nitrogens is 3. The minimum Gasteiger partial charge on any atom is -0.379 e. The van der Waals surface area contributed by atoms with Crippen molar-refractivity contribution >= 4 is 5.91 Å². The fraction of sp³-hybridized carbons (Fsp3) is 0.471. The first-order valence-corrected chi connectivity index (χ1v) is 8.05. The summed E-state index contributed by atoms with van der Waals surface area (Å²) >= 11 is 0. The Balaban J connectivity index is 1.43. The van der Waals surface area contributed by atoms with E-state index in [0.717, 1.165) is 31.6 Å². The van der Waals surface area contributed by atoms with Crippen molar-refractivity contribution in [3.8, 4) is 11.4 Å². The molecular weight excluding hydrogens is 292 g/mol. The predicted molar refractivity (Wildman–Crippen MR) is 84.5 cm³/mol. The summed E-state index contributed by atoms with van der Waals surface area (Å²) in [5.74, 6) is 0.738. The van der Waals surface area contributed by atoms with E-state index in [9.17, 15) is 4.79 Å². The Labute approximate surface area is 135 Å². The van der Waals surface area contributed by atoms with Crippen molar-refractivity contribution < 1.29 is 9.53 Å². The van der Waals surface area contributed by atoms with E-state index in [1.54, 1.807) is 11.0 Å². The molecule has 1 aromatic heterocycles. The van der Waals surface area contributed by atoms with Crippen molar-refractivity contribution in [3.63, 3.8) is 0 Å². The van der Waals surface area contributed by atoms with Crippen LogP contribution >= 0.6 is 0 Å². The van der Waals surface area contributed by atoms with E-state index in [-0.39, 0.29) is 17.9 Å². The van der Waals surface area contributed by atoms with E-state index in [4.69, 9.17) is 4.74 Å². The molecule has 0 unspecified atom stereocenters. The first-order valence-electron chi connectivity index (χ1n) is 8.05. The van der Waals surface area contributed by atoms with Crippen LogP contribution in [-0.2, 0) is 16.1 Å². The molecular formula is C17H20N4O2. The Morgan fingerprint density at radius 2 is 2.09 bits per heavy atom. The van der Waals surface area contributed by atoms with Crippen molar-refractivity contribution in [2.75, 3.05) is 26.3 Å². The first kappa shape index (κ1) is 14.4. The molecule has 120 valence electrons. The van der Waals surface area contributed by atoms with Gasteiger partial charge in [0.2, 0.25) is 5.91 Å². The molecule has 2 aliphatic rings. The zero-order chi connectivity index (χ0) is 15.7. The number of nitrogens with zero attached hydrogens (tertiary/aromatic N) is 4. The smallest absolute Gasteiger partial charge is 0.244 e. The van der Waals surface area contributed by atoms with Gasteiger partial charge in [-0.05, 0) is 12.8 Å². The van der Waals surface area contributed by atoms with E-state index >= 15 is 0 Å². The van der Waals surface area contributed by atoms with E-state index < -0.39 is 0 Å². The number of carbonyl (C=O) groups is 1. The molecule has 1 aromatic carbocycles. The summed E-state index contributed by atoms with van der Waals surface area (Å²) in [6.45, 7) is 3.13. The molecule has 23 heavy (non-hydrogen) atoms. The number of benzene rings is 1. The van der Waals surface area contributed by atoms with Crippen LogP contribution in [0.5, 0.6) is 0 Å². The monoisotopic (exact) mass is 312 g/mol. The molecule has 1 amide bonds. The van der Waals surface area contributed by atoms with Gasteiger partial charge >= 0.3 is 0 Å². The molecule has 1 saturated heterocycles. The average molecular weight is 312 g/mol. The summed E-state index contributed by atoms with van der Waals surface area (Å²) in [6, 6.07) is 9.79. The topological polar surface area (TPSA) is 60.2 Å². The second-order valence-electron chi connectivity index (χ2n) is 6.50. The molecule has 0 radical (unpaired) electrons. The molecule has 6 nitrogen and oxygen atoms in total. The van der Waals surface area contributed by atoms with Gasteiger partial charge in [-0.25, -0.2) is 9.67 Å². The Bertz CT molecular complexity index is 694. The summed E-state index contributed by atoms with van der Waals surface area (Å²) in [4.78, 5) is 18.8.